The lowest BCUT2D eigenvalue weighted by atomic mass is 10.1. The van der Waals surface area contributed by atoms with Crippen LogP contribution in [0.25, 0.3) is 0 Å². The molecule has 0 saturated carbocycles. The number of methoxy groups -OCH3 is 1. The number of hydrogen-bond acceptors (Lipinski definition) is 3. The van der Waals surface area contributed by atoms with Crippen LogP contribution < -0.4 is 10.5 Å². The standard InChI is InChI=1S/C11H16FNO2/c1-8(13)3-9-4-10(12)6-11(5-9)15-7-14-2/h4-6,8H,3,7,13H2,1-2H3. The molecule has 0 saturated heterocycles. The molecule has 1 aromatic carbocycles. The Hall–Kier alpha value is -1.13. The first-order chi connectivity index (χ1) is 7.11. The molecule has 0 aliphatic rings. The Morgan fingerprint density at radius 3 is 2.73 bits per heavy atom. The number of ether oxygens (including phenoxy) is 2. The van der Waals surface area contributed by atoms with Gasteiger partial charge in [-0.15, -0.1) is 0 Å². The largest absolute Gasteiger partial charge is 0.467 e. The molecule has 1 atom stereocenters. The molecule has 1 rings (SSSR count). The number of halogens is 1. The van der Waals surface area contributed by atoms with Crippen molar-refractivity contribution in [3.63, 3.8) is 0 Å². The molecule has 4 heteroatoms. The van der Waals surface area contributed by atoms with Crippen LogP contribution >= 0.6 is 0 Å². The molecule has 0 amide bonds. The maximum atomic E-state index is 13.1. The van der Waals surface area contributed by atoms with Crippen LogP contribution in [0.4, 0.5) is 4.39 Å². The van der Waals surface area contributed by atoms with Gasteiger partial charge in [0.25, 0.3) is 0 Å². The van der Waals surface area contributed by atoms with E-state index in [1.165, 1.54) is 19.2 Å². The molecule has 84 valence electrons. The Balaban J connectivity index is 2.75. The molecule has 0 aliphatic heterocycles. The van der Waals surface area contributed by atoms with Gasteiger partial charge in [0.2, 0.25) is 0 Å². The topological polar surface area (TPSA) is 44.5 Å². The lowest BCUT2D eigenvalue weighted by Gasteiger charge is -2.09. The zero-order valence-electron chi connectivity index (χ0n) is 9.00. The molecular formula is C11H16FNO2. The molecule has 0 radical (unpaired) electrons. The van der Waals surface area contributed by atoms with E-state index >= 15 is 0 Å². The molecule has 2 N–H and O–H groups in total. The number of nitrogens with two attached hydrogens (primary N) is 1. The van der Waals surface area contributed by atoms with E-state index in [1.54, 1.807) is 6.07 Å². The van der Waals surface area contributed by atoms with Crippen molar-refractivity contribution in [2.45, 2.75) is 19.4 Å². The molecular weight excluding hydrogens is 197 g/mol. The van der Waals surface area contributed by atoms with Crippen LogP contribution in [0.1, 0.15) is 12.5 Å². The normalized spacial score (nSPS) is 12.5. The first-order valence-electron chi connectivity index (χ1n) is 4.78. The predicted molar refractivity (Wildman–Crippen MR) is 56.3 cm³/mol. The summed E-state index contributed by atoms with van der Waals surface area (Å²) in [6.45, 7) is 1.99. The molecule has 1 aromatic rings. The van der Waals surface area contributed by atoms with Crippen molar-refractivity contribution < 1.29 is 13.9 Å². The average molecular weight is 213 g/mol. The quantitative estimate of drug-likeness (QED) is 0.757. The lowest BCUT2D eigenvalue weighted by molar-refractivity contribution is 0.0508. The van der Waals surface area contributed by atoms with E-state index in [4.69, 9.17) is 15.2 Å². The predicted octanol–water partition coefficient (Wildman–Crippen LogP) is 1.70. The number of rotatable bonds is 5. The van der Waals surface area contributed by atoms with E-state index in [-0.39, 0.29) is 18.7 Å². The van der Waals surface area contributed by atoms with Crippen molar-refractivity contribution in [1.82, 2.24) is 0 Å². The van der Waals surface area contributed by atoms with Crippen molar-refractivity contribution in [3.05, 3.63) is 29.6 Å². The van der Waals surface area contributed by atoms with Gasteiger partial charge in [0.1, 0.15) is 11.6 Å². The fraction of sp³-hybridized carbons (Fsp3) is 0.455. The zero-order valence-corrected chi connectivity index (χ0v) is 9.00. The Morgan fingerprint density at radius 2 is 2.13 bits per heavy atom. The fourth-order valence-electron chi connectivity index (χ4n) is 1.32. The van der Waals surface area contributed by atoms with E-state index in [0.29, 0.717) is 12.2 Å². The number of benzene rings is 1. The van der Waals surface area contributed by atoms with Crippen LogP contribution in [0.3, 0.4) is 0 Å². The second-order valence-corrected chi connectivity index (χ2v) is 3.53. The van der Waals surface area contributed by atoms with Gasteiger partial charge in [-0.2, -0.15) is 0 Å². The third kappa shape index (κ3) is 4.27. The van der Waals surface area contributed by atoms with Crippen LogP contribution in [0.2, 0.25) is 0 Å². The minimum Gasteiger partial charge on any atom is -0.467 e. The van der Waals surface area contributed by atoms with Gasteiger partial charge in [-0.25, -0.2) is 4.39 Å². The van der Waals surface area contributed by atoms with Gasteiger partial charge in [-0.1, -0.05) is 0 Å². The highest BCUT2D eigenvalue weighted by Gasteiger charge is 2.04. The maximum absolute atomic E-state index is 13.1. The van der Waals surface area contributed by atoms with Crippen molar-refractivity contribution in [1.29, 1.82) is 0 Å². The van der Waals surface area contributed by atoms with Crippen molar-refractivity contribution >= 4 is 0 Å². The minimum atomic E-state index is -0.320. The first kappa shape index (κ1) is 11.9. The first-order valence-corrected chi connectivity index (χ1v) is 4.78. The molecule has 0 aromatic heterocycles. The summed E-state index contributed by atoms with van der Waals surface area (Å²) in [5.41, 5.74) is 6.47. The van der Waals surface area contributed by atoms with Gasteiger partial charge in [-0.3, -0.25) is 0 Å². The van der Waals surface area contributed by atoms with E-state index in [0.717, 1.165) is 5.56 Å². The summed E-state index contributed by atoms with van der Waals surface area (Å²) in [6.07, 6.45) is 0.626. The summed E-state index contributed by atoms with van der Waals surface area (Å²) in [6, 6.07) is 4.56. The van der Waals surface area contributed by atoms with Crippen molar-refractivity contribution in [3.8, 4) is 5.75 Å². The Morgan fingerprint density at radius 1 is 1.40 bits per heavy atom. The Labute approximate surface area is 89.0 Å². The van der Waals surface area contributed by atoms with E-state index in [2.05, 4.69) is 0 Å². The summed E-state index contributed by atoms with van der Waals surface area (Å²) >= 11 is 0. The lowest BCUT2D eigenvalue weighted by Crippen LogP contribution is -2.17. The van der Waals surface area contributed by atoms with E-state index < -0.39 is 0 Å². The number of hydrogen-bond donors (Lipinski definition) is 1. The molecule has 0 spiro atoms. The third-order valence-electron chi connectivity index (χ3n) is 1.83. The highest BCUT2D eigenvalue weighted by atomic mass is 19.1. The molecule has 1 unspecified atom stereocenters. The van der Waals surface area contributed by atoms with Crippen molar-refractivity contribution in [2.24, 2.45) is 5.73 Å². The van der Waals surface area contributed by atoms with Crippen LogP contribution in [-0.4, -0.2) is 19.9 Å². The average Bonchev–Trinajstić information content (AvgIpc) is 2.12. The van der Waals surface area contributed by atoms with E-state index in [1.807, 2.05) is 6.92 Å². The molecule has 0 heterocycles. The second kappa shape index (κ2) is 5.68. The van der Waals surface area contributed by atoms with Gasteiger partial charge >= 0.3 is 0 Å². The minimum absolute atomic E-state index is 0.00192. The van der Waals surface area contributed by atoms with Crippen molar-refractivity contribution in [2.75, 3.05) is 13.9 Å². The second-order valence-electron chi connectivity index (χ2n) is 3.53. The Kier molecular flexibility index (Phi) is 4.52. The summed E-state index contributed by atoms with van der Waals surface area (Å²) in [7, 11) is 1.52. The monoisotopic (exact) mass is 213 g/mol. The smallest absolute Gasteiger partial charge is 0.188 e. The van der Waals surface area contributed by atoms with Gasteiger partial charge in [0, 0.05) is 19.2 Å². The Bertz CT molecular complexity index is 315. The fourth-order valence-corrected chi connectivity index (χ4v) is 1.32. The summed E-state index contributed by atoms with van der Waals surface area (Å²) in [5, 5.41) is 0. The van der Waals surface area contributed by atoms with E-state index in [9.17, 15) is 4.39 Å². The highest BCUT2D eigenvalue weighted by molar-refractivity contribution is 5.30. The van der Waals surface area contributed by atoms with Gasteiger partial charge in [0.15, 0.2) is 6.79 Å². The summed E-state index contributed by atoms with van der Waals surface area (Å²) in [5.74, 6) is 0.145. The molecule has 0 fully saturated rings. The van der Waals surface area contributed by atoms with Gasteiger partial charge < -0.3 is 15.2 Å². The van der Waals surface area contributed by atoms with Crippen LogP contribution in [-0.2, 0) is 11.2 Å². The van der Waals surface area contributed by atoms with Crippen LogP contribution in [0.15, 0.2) is 18.2 Å². The zero-order chi connectivity index (χ0) is 11.3. The summed E-state index contributed by atoms with van der Waals surface area (Å²) in [4.78, 5) is 0. The van der Waals surface area contributed by atoms with Crippen LogP contribution in [0, 0.1) is 5.82 Å². The summed E-state index contributed by atoms with van der Waals surface area (Å²) < 4.78 is 23.0. The highest BCUT2D eigenvalue weighted by Crippen LogP contribution is 2.17. The molecule has 15 heavy (non-hydrogen) atoms. The maximum Gasteiger partial charge on any atom is 0.188 e. The molecule has 3 nitrogen and oxygen atoms in total. The molecule has 0 bridgehead atoms. The third-order valence-corrected chi connectivity index (χ3v) is 1.83. The van der Waals surface area contributed by atoms with Crippen LogP contribution in [0.5, 0.6) is 5.75 Å². The van der Waals surface area contributed by atoms with Gasteiger partial charge in [0.05, 0.1) is 0 Å². The SMILES string of the molecule is COCOc1cc(F)cc(CC(C)N)c1. The van der Waals surface area contributed by atoms with Gasteiger partial charge in [-0.05, 0) is 31.0 Å². The molecule has 0 aliphatic carbocycles.